The molecule has 8 nitrogen and oxygen atoms in total. The first-order valence-corrected chi connectivity index (χ1v) is 10.7. The van der Waals surface area contributed by atoms with Crippen molar-refractivity contribution in [3.05, 3.63) is 17.1 Å². The van der Waals surface area contributed by atoms with Crippen LogP contribution in [0.4, 0.5) is 5.82 Å². The van der Waals surface area contributed by atoms with Gasteiger partial charge in [-0.05, 0) is 33.6 Å². The number of rotatable bonds is 4. The summed E-state index contributed by atoms with van der Waals surface area (Å²) in [5.74, 6) is 1.35. The number of hydrogen-bond donors (Lipinski definition) is 0. The maximum Gasteiger partial charge on any atom is 0.281 e. The standard InChI is InChI=1S/C18H29N5O3S/c1-12(2)23-15(24)10-14-13(3)19-17(20-16(14)23)18(4)8-7-9-22(11-18)27(25,26)21(5)6/h12H,7-11H2,1-6H3/t18-/m0/s1. The van der Waals surface area contributed by atoms with Crippen LogP contribution in [-0.2, 0) is 26.8 Å². The van der Waals surface area contributed by atoms with Gasteiger partial charge in [0.05, 0.1) is 6.42 Å². The Bertz CT molecular complexity index is 868. The number of anilines is 1. The molecule has 1 fully saturated rings. The summed E-state index contributed by atoms with van der Waals surface area (Å²) in [6.45, 7) is 8.69. The van der Waals surface area contributed by atoms with Crippen LogP contribution in [-0.4, -0.2) is 66.1 Å². The maximum absolute atomic E-state index is 12.6. The van der Waals surface area contributed by atoms with Crippen molar-refractivity contribution in [1.29, 1.82) is 0 Å². The molecule has 0 unspecified atom stereocenters. The smallest absolute Gasteiger partial charge is 0.281 e. The summed E-state index contributed by atoms with van der Waals surface area (Å²) in [5.41, 5.74) is 1.20. The summed E-state index contributed by atoms with van der Waals surface area (Å²) in [7, 11) is -0.397. The molecule has 150 valence electrons. The van der Waals surface area contributed by atoms with Crippen LogP contribution in [0, 0.1) is 6.92 Å². The largest absolute Gasteiger partial charge is 0.294 e. The molecule has 9 heteroatoms. The fraction of sp³-hybridized carbons (Fsp3) is 0.722. The lowest BCUT2D eigenvalue weighted by Gasteiger charge is -2.39. The van der Waals surface area contributed by atoms with Crippen LogP contribution in [0.5, 0.6) is 0 Å². The highest BCUT2D eigenvalue weighted by atomic mass is 32.2. The van der Waals surface area contributed by atoms with Gasteiger partial charge >= 0.3 is 0 Å². The van der Waals surface area contributed by atoms with Crippen LogP contribution in [0.1, 0.15) is 50.7 Å². The number of aromatic nitrogens is 2. The Hall–Kier alpha value is -1.58. The molecular weight excluding hydrogens is 366 g/mol. The topological polar surface area (TPSA) is 86.7 Å². The van der Waals surface area contributed by atoms with Gasteiger partial charge in [0.1, 0.15) is 11.6 Å². The lowest BCUT2D eigenvalue weighted by atomic mass is 9.81. The van der Waals surface area contributed by atoms with Crippen molar-refractivity contribution >= 4 is 21.9 Å². The van der Waals surface area contributed by atoms with E-state index in [1.165, 1.54) is 8.61 Å². The molecular formula is C18H29N5O3S. The molecule has 0 bridgehead atoms. The summed E-state index contributed by atoms with van der Waals surface area (Å²) in [6, 6.07) is 0.0191. The van der Waals surface area contributed by atoms with Crippen molar-refractivity contribution in [1.82, 2.24) is 18.6 Å². The number of carbonyl (C=O) groups is 1. The molecule has 1 aromatic heterocycles. The average molecular weight is 396 g/mol. The summed E-state index contributed by atoms with van der Waals surface area (Å²) in [6.07, 6.45) is 1.88. The maximum atomic E-state index is 12.6. The van der Waals surface area contributed by atoms with Crippen molar-refractivity contribution in [2.45, 2.75) is 58.4 Å². The van der Waals surface area contributed by atoms with E-state index in [1.807, 2.05) is 27.7 Å². The fourth-order valence-electron chi connectivity index (χ4n) is 3.95. The van der Waals surface area contributed by atoms with Gasteiger partial charge in [-0.3, -0.25) is 9.69 Å². The predicted molar refractivity (Wildman–Crippen MR) is 104 cm³/mol. The number of amides is 1. The second kappa shape index (κ2) is 6.79. The third kappa shape index (κ3) is 3.36. The highest BCUT2D eigenvalue weighted by Gasteiger charge is 2.42. The quantitative estimate of drug-likeness (QED) is 0.766. The molecule has 1 atom stereocenters. The number of nitrogens with zero attached hydrogens (tertiary/aromatic N) is 5. The molecule has 0 N–H and O–H groups in total. The molecule has 0 spiro atoms. The second-order valence-corrected chi connectivity index (χ2v) is 10.4. The highest BCUT2D eigenvalue weighted by Crippen LogP contribution is 2.37. The van der Waals surface area contributed by atoms with Gasteiger partial charge < -0.3 is 0 Å². The lowest BCUT2D eigenvalue weighted by Crippen LogP contribution is -2.51. The van der Waals surface area contributed by atoms with Crippen LogP contribution in [0.25, 0.3) is 0 Å². The average Bonchev–Trinajstić information content (AvgIpc) is 2.91. The van der Waals surface area contributed by atoms with Gasteiger partial charge in [-0.15, -0.1) is 0 Å². The van der Waals surface area contributed by atoms with Crippen LogP contribution >= 0.6 is 0 Å². The monoisotopic (exact) mass is 395 g/mol. The van der Waals surface area contributed by atoms with E-state index in [9.17, 15) is 13.2 Å². The number of hydrogen-bond acceptors (Lipinski definition) is 5. The molecule has 27 heavy (non-hydrogen) atoms. The van der Waals surface area contributed by atoms with E-state index < -0.39 is 15.6 Å². The molecule has 0 aliphatic carbocycles. The number of aryl methyl sites for hydroxylation is 1. The predicted octanol–water partition coefficient (Wildman–Crippen LogP) is 1.24. The summed E-state index contributed by atoms with van der Waals surface area (Å²) in [4.78, 5) is 23.6. The van der Waals surface area contributed by atoms with Crippen LogP contribution in [0.2, 0.25) is 0 Å². The first-order chi connectivity index (χ1) is 12.5. The Morgan fingerprint density at radius 1 is 1.22 bits per heavy atom. The molecule has 1 amide bonds. The molecule has 2 aliphatic heterocycles. The highest BCUT2D eigenvalue weighted by molar-refractivity contribution is 7.86. The minimum absolute atomic E-state index is 0.0191. The van der Waals surface area contributed by atoms with Crippen molar-refractivity contribution in [2.24, 2.45) is 0 Å². The zero-order valence-corrected chi connectivity index (χ0v) is 17.8. The molecule has 0 aromatic carbocycles. The van der Waals surface area contributed by atoms with Crippen molar-refractivity contribution in [2.75, 3.05) is 32.1 Å². The Morgan fingerprint density at radius 2 is 1.89 bits per heavy atom. The summed E-state index contributed by atoms with van der Waals surface area (Å²) in [5, 5.41) is 0. The molecule has 1 saturated heterocycles. The lowest BCUT2D eigenvalue weighted by molar-refractivity contribution is -0.117. The van der Waals surface area contributed by atoms with E-state index in [0.29, 0.717) is 31.2 Å². The Kier molecular flexibility index (Phi) is 5.07. The van der Waals surface area contributed by atoms with Crippen LogP contribution in [0.15, 0.2) is 0 Å². The number of piperidine rings is 1. The van der Waals surface area contributed by atoms with Gasteiger partial charge in [-0.2, -0.15) is 17.0 Å². The SMILES string of the molecule is Cc1nc([C@@]2(C)CCCN(S(=O)(=O)N(C)C)C2)nc2c1CC(=O)N2C(C)C. The van der Waals surface area contributed by atoms with E-state index in [4.69, 9.17) is 9.97 Å². The van der Waals surface area contributed by atoms with Crippen molar-refractivity contribution in [3.63, 3.8) is 0 Å². The van der Waals surface area contributed by atoms with E-state index >= 15 is 0 Å². The van der Waals surface area contributed by atoms with Gasteiger partial charge in [0.2, 0.25) is 5.91 Å². The third-order valence-corrected chi connectivity index (χ3v) is 7.41. The van der Waals surface area contributed by atoms with Gasteiger partial charge in [-0.1, -0.05) is 6.92 Å². The van der Waals surface area contributed by atoms with Crippen LogP contribution in [0.3, 0.4) is 0 Å². The van der Waals surface area contributed by atoms with Crippen molar-refractivity contribution < 1.29 is 13.2 Å². The van der Waals surface area contributed by atoms with Gasteiger partial charge in [-0.25, -0.2) is 9.97 Å². The number of carbonyl (C=O) groups excluding carboxylic acids is 1. The molecule has 3 heterocycles. The number of fused-ring (bicyclic) bond motifs is 1. The molecule has 0 saturated carbocycles. The minimum Gasteiger partial charge on any atom is -0.294 e. The van der Waals surface area contributed by atoms with E-state index in [0.717, 1.165) is 24.1 Å². The zero-order valence-electron chi connectivity index (χ0n) is 17.0. The first-order valence-electron chi connectivity index (χ1n) is 9.35. The van der Waals surface area contributed by atoms with E-state index in [2.05, 4.69) is 0 Å². The molecule has 1 aromatic rings. The Balaban J connectivity index is 2.02. The van der Waals surface area contributed by atoms with Gasteiger partial charge in [0, 0.05) is 49.9 Å². The summed E-state index contributed by atoms with van der Waals surface area (Å²) >= 11 is 0. The Labute approximate surface area is 161 Å². The van der Waals surface area contributed by atoms with Gasteiger partial charge in [0.25, 0.3) is 10.2 Å². The van der Waals surface area contributed by atoms with Gasteiger partial charge in [0.15, 0.2) is 0 Å². The third-order valence-electron chi connectivity index (χ3n) is 5.52. The molecule has 3 rings (SSSR count). The Morgan fingerprint density at radius 3 is 2.48 bits per heavy atom. The molecule has 2 aliphatic rings. The van der Waals surface area contributed by atoms with E-state index in [-0.39, 0.29) is 11.9 Å². The zero-order chi connectivity index (χ0) is 20.1. The first kappa shape index (κ1) is 20.2. The van der Waals surface area contributed by atoms with Crippen molar-refractivity contribution in [3.8, 4) is 0 Å². The summed E-state index contributed by atoms with van der Waals surface area (Å²) < 4.78 is 28.0. The molecule has 0 radical (unpaired) electrons. The van der Waals surface area contributed by atoms with Crippen LogP contribution < -0.4 is 4.90 Å². The minimum atomic E-state index is -3.49. The normalized spacial score (nSPS) is 24.1. The second-order valence-electron chi connectivity index (χ2n) is 8.26. The fourth-order valence-corrected chi connectivity index (χ4v) is 5.22. The van der Waals surface area contributed by atoms with E-state index in [1.54, 1.807) is 19.0 Å².